The molecular formula is C20H30FN3O. The van der Waals surface area contributed by atoms with Gasteiger partial charge in [0.15, 0.2) is 5.96 Å². The van der Waals surface area contributed by atoms with Gasteiger partial charge < -0.3 is 15.0 Å². The quantitative estimate of drug-likeness (QED) is 0.423. The Labute approximate surface area is 150 Å². The zero-order chi connectivity index (χ0) is 17.7. The van der Waals surface area contributed by atoms with Gasteiger partial charge in [-0.25, -0.2) is 4.39 Å². The maximum atomic E-state index is 13.2. The van der Waals surface area contributed by atoms with Crippen LogP contribution in [0, 0.1) is 11.7 Å². The molecule has 1 aromatic rings. The lowest BCUT2D eigenvalue weighted by molar-refractivity contribution is 0.115. The molecule has 1 N–H and O–H groups in total. The molecule has 0 aromatic heterocycles. The molecule has 0 saturated heterocycles. The standard InChI is InChI=1S/C20H30FN3O/c1-3-22-19(24(2)12-13-25-14-16-4-5-16)23-15-20(10-11-20)17-6-8-18(21)9-7-17/h6-9,16H,3-5,10-15H2,1-2H3,(H,22,23). The van der Waals surface area contributed by atoms with Gasteiger partial charge in [0.25, 0.3) is 0 Å². The van der Waals surface area contributed by atoms with E-state index in [0.717, 1.165) is 57.6 Å². The Hall–Kier alpha value is -1.62. The van der Waals surface area contributed by atoms with E-state index in [4.69, 9.17) is 9.73 Å². The van der Waals surface area contributed by atoms with Crippen molar-refractivity contribution in [2.75, 3.05) is 39.9 Å². The molecule has 0 radical (unpaired) electrons. The molecule has 1 aromatic carbocycles. The van der Waals surface area contributed by atoms with Crippen LogP contribution < -0.4 is 5.32 Å². The van der Waals surface area contributed by atoms with Crippen molar-refractivity contribution in [2.45, 2.75) is 38.0 Å². The van der Waals surface area contributed by atoms with Crippen molar-refractivity contribution in [1.29, 1.82) is 0 Å². The van der Waals surface area contributed by atoms with Crippen molar-refractivity contribution in [1.82, 2.24) is 10.2 Å². The summed E-state index contributed by atoms with van der Waals surface area (Å²) in [5.74, 6) is 1.55. The van der Waals surface area contributed by atoms with E-state index in [9.17, 15) is 4.39 Å². The van der Waals surface area contributed by atoms with Crippen molar-refractivity contribution in [3.05, 3.63) is 35.6 Å². The fraction of sp³-hybridized carbons (Fsp3) is 0.650. The first-order valence-electron chi connectivity index (χ1n) is 9.46. The summed E-state index contributed by atoms with van der Waals surface area (Å²) in [4.78, 5) is 6.99. The molecule has 0 bridgehead atoms. The van der Waals surface area contributed by atoms with Gasteiger partial charge in [-0.05, 0) is 56.2 Å². The van der Waals surface area contributed by atoms with E-state index in [0.29, 0.717) is 0 Å². The Morgan fingerprint density at radius 2 is 2.04 bits per heavy atom. The van der Waals surface area contributed by atoms with E-state index in [1.54, 1.807) is 12.1 Å². The second-order valence-corrected chi connectivity index (χ2v) is 7.40. The molecule has 0 atom stereocenters. The van der Waals surface area contributed by atoms with E-state index < -0.39 is 0 Å². The first-order chi connectivity index (χ1) is 12.1. The zero-order valence-corrected chi connectivity index (χ0v) is 15.4. The monoisotopic (exact) mass is 347 g/mol. The number of ether oxygens (including phenoxy) is 1. The molecule has 2 aliphatic rings. The van der Waals surface area contributed by atoms with Crippen LogP contribution in [0.1, 0.15) is 38.2 Å². The highest BCUT2D eigenvalue weighted by Crippen LogP contribution is 2.48. The third-order valence-corrected chi connectivity index (χ3v) is 5.16. The lowest BCUT2D eigenvalue weighted by atomic mass is 9.96. The Balaban J connectivity index is 1.54. The second kappa shape index (κ2) is 8.17. The van der Waals surface area contributed by atoms with Crippen LogP contribution in [0.4, 0.5) is 4.39 Å². The minimum atomic E-state index is -0.178. The van der Waals surface area contributed by atoms with E-state index in [1.165, 1.54) is 18.4 Å². The van der Waals surface area contributed by atoms with Crippen molar-refractivity contribution in [3.63, 3.8) is 0 Å². The lowest BCUT2D eigenvalue weighted by Crippen LogP contribution is -2.41. The topological polar surface area (TPSA) is 36.9 Å². The fourth-order valence-corrected chi connectivity index (χ4v) is 3.03. The third kappa shape index (κ3) is 5.18. The van der Waals surface area contributed by atoms with Crippen molar-refractivity contribution >= 4 is 5.96 Å². The number of halogens is 1. The molecule has 25 heavy (non-hydrogen) atoms. The average Bonchev–Trinajstić information content (AvgIpc) is 3.51. The van der Waals surface area contributed by atoms with Gasteiger partial charge >= 0.3 is 0 Å². The van der Waals surface area contributed by atoms with Gasteiger partial charge in [-0.15, -0.1) is 0 Å². The summed E-state index contributed by atoms with van der Waals surface area (Å²) in [7, 11) is 2.06. The summed E-state index contributed by atoms with van der Waals surface area (Å²) in [6, 6.07) is 6.90. The molecule has 2 saturated carbocycles. The largest absolute Gasteiger partial charge is 0.379 e. The number of hydrogen-bond donors (Lipinski definition) is 1. The van der Waals surface area contributed by atoms with Crippen LogP contribution in [-0.4, -0.2) is 50.8 Å². The molecule has 0 unspecified atom stereocenters. The summed E-state index contributed by atoms with van der Waals surface area (Å²) in [6.07, 6.45) is 4.89. The predicted octanol–water partition coefficient (Wildman–Crippen LogP) is 3.18. The highest BCUT2D eigenvalue weighted by Gasteiger charge is 2.44. The number of guanidine groups is 1. The molecular weight excluding hydrogens is 317 g/mol. The third-order valence-electron chi connectivity index (χ3n) is 5.16. The summed E-state index contributed by atoms with van der Waals surface area (Å²) >= 11 is 0. The normalized spacial score (nSPS) is 18.9. The summed E-state index contributed by atoms with van der Waals surface area (Å²) in [5, 5.41) is 3.37. The first-order valence-corrected chi connectivity index (χ1v) is 9.46. The minimum Gasteiger partial charge on any atom is -0.379 e. The highest BCUT2D eigenvalue weighted by atomic mass is 19.1. The van der Waals surface area contributed by atoms with Crippen molar-refractivity contribution in [2.24, 2.45) is 10.9 Å². The maximum absolute atomic E-state index is 13.2. The molecule has 0 spiro atoms. The van der Waals surface area contributed by atoms with Crippen LogP contribution in [0.25, 0.3) is 0 Å². The van der Waals surface area contributed by atoms with Gasteiger partial charge in [-0.2, -0.15) is 0 Å². The first kappa shape index (κ1) is 18.2. The molecule has 2 fully saturated rings. The lowest BCUT2D eigenvalue weighted by Gasteiger charge is -2.23. The molecule has 138 valence electrons. The van der Waals surface area contributed by atoms with Crippen LogP contribution in [0.5, 0.6) is 0 Å². The molecule has 3 rings (SSSR count). The number of nitrogens with one attached hydrogen (secondary N) is 1. The molecule has 0 amide bonds. The van der Waals surface area contributed by atoms with Crippen molar-refractivity contribution in [3.8, 4) is 0 Å². The van der Waals surface area contributed by atoms with Crippen LogP contribution in [-0.2, 0) is 10.2 Å². The smallest absolute Gasteiger partial charge is 0.193 e. The van der Waals surface area contributed by atoms with Gasteiger partial charge in [0, 0.05) is 32.2 Å². The highest BCUT2D eigenvalue weighted by molar-refractivity contribution is 5.79. The Bertz CT molecular complexity index is 579. The molecule has 5 heteroatoms. The van der Waals surface area contributed by atoms with Crippen LogP contribution in [0.15, 0.2) is 29.3 Å². The molecule has 0 heterocycles. The molecule has 4 nitrogen and oxygen atoms in total. The number of hydrogen-bond acceptors (Lipinski definition) is 2. The fourth-order valence-electron chi connectivity index (χ4n) is 3.03. The van der Waals surface area contributed by atoms with E-state index in [-0.39, 0.29) is 11.2 Å². The van der Waals surface area contributed by atoms with Gasteiger partial charge in [0.05, 0.1) is 13.2 Å². The number of benzene rings is 1. The SMILES string of the molecule is CCNC(=NCC1(c2ccc(F)cc2)CC1)N(C)CCOCC1CC1. The molecule has 0 aliphatic heterocycles. The van der Waals surface area contributed by atoms with E-state index in [2.05, 4.69) is 24.2 Å². The van der Waals surface area contributed by atoms with Gasteiger partial charge in [-0.3, -0.25) is 4.99 Å². The van der Waals surface area contributed by atoms with Crippen LogP contribution in [0.2, 0.25) is 0 Å². The van der Waals surface area contributed by atoms with Crippen molar-refractivity contribution < 1.29 is 9.13 Å². The van der Waals surface area contributed by atoms with Gasteiger partial charge in [0.2, 0.25) is 0 Å². The summed E-state index contributed by atoms with van der Waals surface area (Å²) in [6.45, 7) is 6.14. The Kier molecular flexibility index (Phi) is 5.94. The Morgan fingerprint density at radius 1 is 1.32 bits per heavy atom. The zero-order valence-electron chi connectivity index (χ0n) is 15.4. The van der Waals surface area contributed by atoms with Gasteiger partial charge in [0.1, 0.15) is 5.82 Å². The number of aliphatic imine (C=N–C) groups is 1. The van der Waals surface area contributed by atoms with E-state index in [1.807, 2.05) is 12.1 Å². The summed E-state index contributed by atoms with van der Waals surface area (Å²) in [5.41, 5.74) is 1.29. The van der Waals surface area contributed by atoms with E-state index >= 15 is 0 Å². The minimum absolute atomic E-state index is 0.0949. The van der Waals surface area contributed by atoms with Crippen LogP contribution >= 0.6 is 0 Å². The molecule has 2 aliphatic carbocycles. The van der Waals surface area contributed by atoms with Gasteiger partial charge in [-0.1, -0.05) is 12.1 Å². The maximum Gasteiger partial charge on any atom is 0.193 e. The average molecular weight is 347 g/mol. The number of likely N-dealkylation sites (N-methyl/N-ethyl adjacent to an activating group) is 1. The second-order valence-electron chi connectivity index (χ2n) is 7.40. The number of nitrogens with zero attached hydrogens (tertiary/aromatic N) is 2. The predicted molar refractivity (Wildman–Crippen MR) is 99.5 cm³/mol. The summed E-state index contributed by atoms with van der Waals surface area (Å²) < 4.78 is 18.9. The van der Waals surface area contributed by atoms with Crippen LogP contribution in [0.3, 0.4) is 0 Å². The number of rotatable bonds is 9. The Morgan fingerprint density at radius 3 is 2.64 bits per heavy atom.